The zero-order valence-electron chi connectivity index (χ0n) is 39.7. The first-order valence-corrected chi connectivity index (χ1v) is 25.6. The topological polar surface area (TPSA) is 93.9 Å². The van der Waals surface area contributed by atoms with E-state index in [4.69, 9.17) is 9.47 Å². The van der Waals surface area contributed by atoms with Crippen molar-refractivity contribution in [2.24, 2.45) is 0 Å². The molecule has 0 radical (unpaired) electrons. The van der Waals surface area contributed by atoms with Gasteiger partial charge in [-0.2, -0.15) is 0 Å². The molecule has 0 bridgehead atoms. The summed E-state index contributed by atoms with van der Waals surface area (Å²) in [5, 5.41) is 11.0. The second-order valence-electron chi connectivity index (χ2n) is 17.9. The molecule has 0 aromatic carbocycles. The van der Waals surface area contributed by atoms with E-state index in [9.17, 15) is 14.7 Å². The summed E-state index contributed by atoms with van der Waals surface area (Å²) in [5.41, 5.74) is 0. The first-order chi connectivity index (χ1) is 28.8. The standard InChI is InChI=1S/C51H97N3O5/c1-6-10-13-16-20-27-35-48(9-4)58-50(56)39-31-25-26-34-47(55)45-53(42-33-43-54-44-40-52-46(54)5)41-32-24-19-23-30-38-51(57)59-49(36-28-21-17-14-11-7-2)37-29-22-18-15-12-8-3/h40,44,47-49,55H,6-39,41-43,45H2,1-5H3. The van der Waals surface area contributed by atoms with Crippen molar-refractivity contribution < 1.29 is 24.2 Å². The molecule has 0 aliphatic heterocycles. The Hall–Kier alpha value is -1.93. The second-order valence-corrected chi connectivity index (χ2v) is 17.9. The van der Waals surface area contributed by atoms with E-state index in [0.717, 1.165) is 122 Å². The quantitative estimate of drug-likeness (QED) is 0.0517. The van der Waals surface area contributed by atoms with Crippen molar-refractivity contribution in [1.29, 1.82) is 0 Å². The zero-order chi connectivity index (χ0) is 43.0. The molecule has 1 N–H and O–H groups in total. The molecule has 1 heterocycles. The van der Waals surface area contributed by atoms with Crippen LogP contribution in [0, 0.1) is 6.92 Å². The van der Waals surface area contributed by atoms with Crippen LogP contribution in [0.15, 0.2) is 12.4 Å². The Kier molecular flexibility index (Phi) is 37.5. The summed E-state index contributed by atoms with van der Waals surface area (Å²) in [6, 6.07) is 0. The summed E-state index contributed by atoms with van der Waals surface area (Å²) in [5.74, 6) is 0.983. The maximum atomic E-state index is 12.9. The highest BCUT2D eigenvalue weighted by Gasteiger charge is 2.16. The molecule has 0 saturated carbocycles. The normalized spacial score (nSPS) is 12.7. The number of hydrogen-bond acceptors (Lipinski definition) is 7. The van der Waals surface area contributed by atoms with Gasteiger partial charge < -0.3 is 24.0 Å². The van der Waals surface area contributed by atoms with Gasteiger partial charge in [0.25, 0.3) is 0 Å². The number of hydrogen-bond donors (Lipinski definition) is 1. The summed E-state index contributed by atoms with van der Waals surface area (Å²) in [4.78, 5) is 32.2. The molecule has 0 aliphatic carbocycles. The summed E-state index contributed by atoms with van der Waals surface area (Å²) >= 11 is 0. The third-order valence-corrected chi connectivity index (χ3v) is 12.2. The Morgan fingerprint density at radius 1 is 0.576 bits per heavy atom. The fraction of sp³-hybridized carbons (Fsp3) is 0.902. The molecule has 0 amide bonds. The SMILES string of the molecule is CCCCCCCCC(CC)OC(=O)CCCCCC(O)CN(CCCCCCCC(=O)OC(CCCCCCCC)CCCCCCCC)CCCn1ccnc1C. The van der Waals surface area contributed by atoms with Gasteiger partial charge in [-0.15, -0.1) is 0 Å². The number of aliphatic hydroxyl groups excluding tert-OH is 1. The Labute approximate surface area is 365 Å². The highest BCUT2D eigenvalue weighted by Crippen LogP contribution is 2.19. The van der Waals surface area contributed by atoms with Gasteiger partial charge in [-0.05, 0) is 97.1 Å². The minimum atomic E-state index is -0.365. The summed E-state index contributed by atoms with van der Waals surface area (Å²) in [6.45, 7) is 14.5. The first-order valence-electron chi connectivity index (χ1n) is 25.6. The molecule has 2 unspecified atom stereocenters. The number of aromatic nitrogens is 2. The average molecular weight is 832 g/mol. The number of imidazole rings is 1. The Morgan fingerprint density at radius 2 is 1.00 bits per heavy atom. The number of aryl methyl sites for hydroxylation is 2. The summed E-state index contributed by atoms with van der Waals surface area (Å²) in [6.07, 6.45) is 41.3. The molecule has 1 aromatic heterocycles. The summed E-state index contributed by atoms with van der Waals surface area (Å²) in [7, 11) is 0. The van der Waals surface area contributed by atoms with Crippen LogP contribution in [0.3, 0.4) is 0 Å². The molecule has 0 fully saturated rings. The van der Waals surface area contributed by atoms with E-state index in [2.05, 4.69) is 42.1 Å². The zero-order valence-corrected chi connectivity index (χ0v) is 39.7. The number of esters is 2. The maximum absolute atomic E-state index is 12.9. The van der Waals surface area contributed by atoms with E-state index in [0.29, 0.717) is 19.4 Å². The molecular weight excluding hydrogens is 735 g/mol. The van der Waals surface area contributed by atoms with Gasteiger partial charge in [-0.3, -0.25) is 9.59 Å². The minimum Gasteiger partial charge on any atom is -0.462 e. The van der Waals surface area contributed by atoms with E-state index in [-0.39, 0.29) is 30.3 Å². The highest BCUT2D eigenvalue weighted by molar-refractivity contribution is 5.69. The van der Waals surface area contributed by atoms with Crippen molar-refractivity contribution >= 4 is 11.9 Å². The lowest BCUT2D eigenvalue weighted by atomic mass is 10.0. The molecule has 8 heteroatoms. The van der Waals surface area contributed by atoms with Crippen LogP contribution >= 0.6 is 0 Å². The molecule has 1 rings (SSSR count). The molecule has 1 aromatic rings. The van der Waals surface area contributed by atoms with Gasteiger partial charge in [0.15, 0.2) is 0 Å². The second kappa shape index (κ2) is 40.2. The number of ether oxygens (including phenoxy) is 2. The van der Waals surface area contributed by atoms with Crippen LogP contribution in [0.5, 0.6) is 0 Å². The van der Waals surface area contributed by atoms with Crippen LogP contribution in [-0.2, 0) is 25.6 Å². The molecule has 346 valence electrons. The Morgan fingerprint density at radius 3 is 1.51 bits per heavy atom. The van der Waals surface area contributed by atoms with Crippen molar-refractivity contribution in [3.63, 3.8) is 0 Å². The Balaban J connectivity index is 2.39. The Bertz CT molecular complexity index is 1060. The van der Waals surface area contributed by atoms with Crippen LogP contribution in [0.1, 0.15) is 252 Å². The number of nitrogens with zero attached hydrogens (tertiary/aromatic N) is 3. The molecule has 0 saturated heterocycles. The summed E-state index contributed by atoms with van der Waals surface area (Å²) < 4.78 is 14.1. The predicted octanol–water partition coefficient (Wildman–Crippen LogP) is 14.0. The van der Waals surface area contributed by atoms with Crippen LogP contribution in [0.4, 0.5) is 0 Å². The van der Waals surface area contributed by atoms with Gasteiger partial charge in [-0.25, -0.2) is 4.98 Å². The third-order valence-electron chi connectivity index (χ3n) is 12.2. The van der Waals surface area contributed by atoms with Crippen LogP contribution < -0.4 is 0 Å². The van der Waals surface area contributed by atoms with Crippen LogP contribution in [-0.4, -0.2) is 69.4 Å². The fourth-order valence-corrected chi connectivity index (χ4v) is 8.30. The minimum absolute atomic E-state index is 0.00382. The lowest BCUT2D eigenvalue weighted by Crippen LogP contribution is -2.34. The fourth-order valence-electron chi connectivity index (χ4n) is 8.30. The van der Waals surface area contributed by atoms with Crippen molar-refractivity contribution in [1.82, 2.24) is 14.5 Å². The predicted molar refractivity (Wildman–Crippen MR) is 249 cm³/mol. The number of rotatable bonds is 44. The lowest BCUT2D eigenvalue weighted by molar-refractivity contribution is -0.150. The number of carbonyl (C=O) groups is 2. The van der Waals surface area contributed by atoms with Gasteiger partial charge in [0.2, 0.25) is 0 Å². The monoisotopic (exact) mass is 832 g/mol. The maximum Gasteiger partial charge on any atom is 0.306 e. The number of unbranched alkanes of at least 4 members (excludes halogenated alkanes) is 21. The largest absolute Gasteiger partial charge is 0.462 e. The van der Waals surface area contributed by atoms with Gasteiger partial charge in [0, 0.05) is 38.3 Å². The van der Waals surface area contributed by atoms with Gasteiger partial charge >= 0.3 is 11.9 Å². The van der Waals surface area contributed by atoms with Crippen LogP contribution in [0.2, 0.25) is 0 Å². The van der Waals surface area contributed by atoms with E-state index in [1.165, 1.54) is 109 Å². The van der Waals surface area contributed by atoms with Crippen molar-refractivity contribution in [3.05, 3.63) is 18.2 Å². The molecule has 0 spiro atoms. The molecule has 8 nitrogen and oxygen atoms in total. The molecule has 59 heavy (non-hydrogen) atoms. The lowest BCUT2D eigenvalue weighted by Gasteiger charge is -2.25. The van der Waals surface area contributed by atoms with E-state index >= 15 is 0 Å². The van der Waals surface area contributed by atoms with Gasteiger partial charge in [0.1, 0.15) is 18.0 Å². The molecular formula is C51H97N3O5. The van der Waals surface area contributed by atoms with Gasteiger partial charge in [-0.1, -0.05) is 156 Å². The average Bonchev–Trinajstić information content (AvgIpc) is 3.64. The van der Waals surface area contributed by atoms with Crippen molar-refractivity contribution in [3.8, 4) is 0 Å². The van der Waals surface area contributed by atoms with Gasteiger partial charge in [0.05, 0.1) is 6.10 Å². The molecule has 0 aliphatic rings. The molecule has 2 atom stereocenters. The van der Waals surface area contributed by atoms with E-state index in [1.807, 2.05) is 19.3 Å². The van der Waals surface area contributed by atoms with Crippen molar-refractivity contribution in [2.75, 3.05) is 19.6 Å². The van der Waals surface area contributed by atoms with E-state index < -0.39 is 0 Å². The van der Waals surface area contributed by atoms with E-state index in [1.54, 1.807) is 0 Å². The highest BCUT2D eigenvalue weighted by atomic mass is 16.5. The smallest absolute Gasteiger partial charge is 0.306 e. The van der Waals surface area contributed by atoms with Crippen molar-refractivity contribution in [2.45, 2.75) is 278 Å². The number of aliphatic hydroxyl groups is 1. The first kappa shape index (κ1) is 55.1. The third kappa shape index (κ3) is 33.4. The van der Waals surface area contributed by atoms with Crippen LogP contribution in [0.25, 0.3) is 0 Å². The number of carbonyl (C=O) groups excluding carboxylic acids is 2.